The van der Waals surface area contributed by atoms with Crippen LogP contribution < -0.4 is 4.74 Å². The Morgan fingerprint density at radius 1 is 1.32 bits per heavy atom. The van der Waals surface area contributed by atoms with Crippen LogP contribution in [-0.4, -0.2) is 23.8 Å². The average Bonchev–Trinajstić information content (AvgIpc) is 2.80. The SMILES string of the molecule is COc1ccc2c(c1)c(C=O)cn2CCCCCCl. The van der Waals surface area contributed by atoms with Gasteiger partial charge in [0.2, 0.25) is 0 Å². The van der Waals surface area contributed by atoms with E-state index in [-0.39, 0.29) is 0 Å². The number of aldehydes is 1. The molecule has 0 unspecified atom stereocenters. The smallest absolute Gasteiger partial charge is 0.152 e. The monoisotopic (exact) mass is 279 g/mol. The lowest BCUT2D eigenvalue weighted by Crippen LogP contribution is -1.96. The minimum atomic E-state index is 0.712. The highest BCUT2D eigenvalue weighted by atomic mass is 35.5. The summed E-state index contributed by atoms with van der Waals surface area (Å²) in [7, 11) is 1.63. The lowest BCUT2D eigenvalue weighted by Gasteiger charge is -2.05. The third-order valence-corrected chi connectivity index (χ3v) is 3.55. The van der Waals surface area contributed by atoms with E-state index in [0.717, 1.165) is 48.7 Å². The molecule has 0 aliphatic rings. The molecular weight excluding hydrogens is 262 g/mol. The van der Waals surface area contributed by atoms with E-state index >= 15 is 0 Å². The first kappa shape index (κ1) is 13.9. The van der Waals surface area contributed by atoms with E-state index in [1.807, 2.05) is 24.4 Å². The number of hydrogen-bond acceptors (Lipinski definition) is 2. The standard InChI is InChI=1S/C15H18ClNO2/c1-19-13-5-6-15-14(9-13)12(11-18)10-17(15)8-4-2-3-7-16/h5-6,9-11H,2-4,7-8H2,1H3. The molecule has 3 nitrogen and oxygen atoms in total. The Labute approximate surface area is 118 Å². The van der Waals surface area contributed by atoms with Crippen LogP contribution in [0.1, 0.15) is 29.6 Å². The lowest BCUT2D eigenvalue weighted by atomic mass is 10.2. The van der Waals surface area contributed by atoms with Gasteiger partial charge in [-0.15, -0.1) is 11.6 Å². The largest absolute Gasteiger partial charge is 0.497 e. The number of methoxy groups -OCH3 is 1. The fourth-order valence-electron chi connectivity index (χ4n) is 2.26. The summed E-state index contributed by atoms with van der Waals surface area (Å²) in [6, 6.07) is 5.84. The quantitative estimate of drug-likeness (QED) is 0.438. The predicted octanol–water partition coefficient (Wildman–Crippen LogP) is 3.87. The molecule has 1 heterocycles. The van der Waals surface area contributed by atoms with E-state index in [1.54, 1.807) is 7.11 Å². The Hall–Kier alpha value is -1.48. The molecule has 0 radical (unpaired) electrons. The van der Waals surface area contributed by atoms with Crippen molar-refractivity contribution in [3.8, 4) is 5.75 Å². The number of unbranched alkanes of at least 4 members (excludes halogenated alkanes) is 2. The minimum absolute atomic E-state index is 0.712. The van der Waals surface area contributed by atoms with Crippen LogP contribution in [0.3, 0.4) is 0 Å². The minimum Gasteiger partial charge on any atom is -0.497 e. The van der Waals surface area contributed by atoms with Crippen LogP contribution in [0.15, 0.2) is 24.4 Å². The van der Waals surface area contributed by atoms with E-state index < -0.39 is 0 Å². The van der Waals surface area contributed by atoms with Crippen molar-refractivity contribution in [1.82, 2.24) is 4.57 Å². The number of alkyl halides is 1. The van der Waals surface area contributed by atoms with Gasteiger partial charge in [-0.25, -0.2) is 0 Å². The van der Waals surface area contributed by atoms with Crippen LogP contribution in [0.2, 0.25) is 0 Å². The maximum absolute atomic E-state index is 11.1. The molecule has 102 valence electrons. The van der Waals surface area contributed by atoms with E-state index in [1.165, 1.54) is 0 Å². The van der Waals surface area contributed by atoms with E-state index in [0.29, 0.717) is 11.4 Å². The van der Waals surface area contributed by atoms with Gasteiger partial charge in [0.05, 0.1) is 7.11 Å². The van der Waals surface area contributed by atoms with Crippen molar-refractivity contribution in [3.05, 3.63) is 30.0 Å². The topological polar surface area (TPSA) is 31.2 Å². The van der Waals surface area contributed by atoms with Crippen molar-refractivity contribution in [2.45, 2.75) is 25.8 Å². The Bertz CT molecular complexity index is 563. The van der Waals surface area contributed by atoms with Crippen molar-refractivity contribution in [1.29, 1.82) is 0 Å². The Morgan fingerprint density at radius 2 is 2.16 bits per heavy atom. The summed E-state index contributed by atoms with van der Waals surface area (Å²) in [5.41, 5.74) is 1.79. The van der Waals surface area contributed by atoms with Crippen LogP contribution in [0.5, 0.6) is 5.75 Å². The Kier molecular flexibility index (Phi) is 4.86. The summed E-state index contributed by atoms with van der Waals surface area (Å²) in [5.74, 6) is 1.49. The molecule has 0 atom stereocenters. The number of ether oxygens (including phenoxy) is 1. The molecule has 0 aliphatic carbocycles. The van der Waals surface area contributed by atoms with Gasteiger partial charge in [0, 0.05) is 35.1 Å². The van der Waals surface area contributed by atoms with Crippen LogP contribution in [-0.2, 0) is 6.54 Å². The van der Waals surface area contributed by atoms with Crippen molar-refractivity contribution >= 4 is 28.8 Å². The fourth-order valence-corrected chi connectivity index (χ4v) is 2.45. The van der Waals surface area contributed by atoms with Gasteiger partial charge in [-0.2, -0.15) is 0 Å². The van der Waals surface area contributed by atoms with Gasteiger partial charge >= 0.3 is 0 Å². The maximum Gasteiger partial charge on any atom is 0.152 e. The molecule has 0 amide bonds. The highest BCUT2D eigenvalue weighted by molar-refractivity contribution is 6.17. The normalized spacial score (nSPS) is 10.8. The Balaban J connectivity index is 2.26. The molecule has 2 aromatic rings. The highest BCUT2D eigenvalue weighted by Crippen LogP contribution is 2.25. The number of fused-ring (bicyclic) bond motifs is 1. The summed E-state index contributed by atoms with van der Waals surface area (Å²) in [5, 5.41) is 0.951. The molecule has 1 aromatic carbocycles. The van der Waals surface area contributed by atoms with Gasteiger partial charge in [-0.1, -0.05) is 6.42 Å². The molecule has 0 fully saturated rings. The summed E-state index contributed by atoms with van der Waals surface area (Å²) >= 11 is 5.67. The first-order valence-corrected chi connectivity index (χ1v) is 7.01. The Morgan fingerprint density at radius 3 is 2.84 bits per heavy atom. The first-order valence-electron chi connectivity index (χ1n) is 6.48. The molecule has 0 aliphatic heterocycles. The lowest BCUT2D eigenvalue weighted by molar-refractivity contribution is 0.112. The van der Waals surface area contributed by atoms with Gasteiger partial charge in [-0.3, -0.25) is 4.79 Å². The molecule has 1 aromatic heterocycles. The van der Waals surface area contributed by atoms with Gasteiger partial charge in [0.25, 0.3) is 0 Å². The number of aromatic nitrogens is 1. The van der Waals surface area contributed by atoms with E-state index in [9.17, 15) is 4.79 Å². The summed E-state index contributed by atoms with van der Waals surface area (Å²) < 4.78 is 7.34. The molecule has 2 rings (SSSR count). The van der Waals surface area contributed by atoms with E-state index in [2.05, 4.69) is 4.57 Å². The second kappa shape index (κ2) is 6.62. The maximum atomic E-state index is 11.1. The molecular formula is C15H18ClNO2. The average molecular weight is 280 g/mol. The van der Waals surface area contributed by atoms with Crippen LogP contribution in [0.25, 0.3) is 10.9 Å². The zero-order valence-electron chi connectivity index (χ0n) is 11.1. The van der Waals surface area contributed by atoms with Gasteiger partial charge in [0.15, 0.2) is 6.29 Å². The second-order valence-electron chi connectivity index (χ2n) is 4.53. The number of aryl methyl sites for hydroxylation is 1. The van der Waals surface area contributed by atoms with Crippen molar-refractivity contribution in [3.63, 3.8) is 0 Å². The van der Waals surface area contributed by atoms with Crippen LogP contribution in [0, 0.1) is 0 Å². The molecule has 0 saturated heterocycles. The third-order valence-electron chi connectivity index (χ3n) is 3.28. The zero-order valence-corrected chi connectivity index (χ0v) is 11.8. The molecule has 19 heavy (non-hydrogen) atoms. The number of benzene rings is 1. The van der Waals surface area contributed by atoms with Crippen molar-refractivity contribution in [2.24, 2.45) is 0 Å². The van der Waals surface area contributed by atoms with Crippen LogP contribution >= 0.6 is 11.6 Å². The summed E-state index contributed by atoms with van der Waals surface area (Å²) in [6.07, 6.45) is 6.03. The summed E-state index contributed by atoms with van der Waals surface area (Å²) in [4.78, 5) is 11.1. The number of rotatable bonds is 7. The summed E-state index contributed by atoms with van der Waals surface area (Å²) in [6.45, 7) is 0.910. The molecule has 0 bridgehead atoms. The van der Waals surface area contributed by atoms with E-state index in [4.69, 9.17) is 16.3 Å². The molecule has 0 spiro atoms. The first-order chi connectivity index (χ1) is 9.30. The highest BCUT2D eigenvalue weighted by Gasteiger charge is 2.08. The fraction of sp³-hybridized carbons (Fsp3) is 0.400. The van der Waals surface area contributed by atoms with Crippen molar-refractivity contribution < 1.29 is 9.53 Å². The number of nitrogens with zero attached hydrogens (tertiary/aromatic N) is 1. The number of halogens is 1. The number of carbonyl (C=O) groups is 1. The zero-order chi connectivity index (χ0) is 13.7. The molecule has 4 heteroatoms. The van der Waals surface area contributed by atoms with Gasteiger partial charge in [-0.05, 0) is 31.0 Å². The molecule has 0 N–H and O–H groups in total. The number of hydrogen-bond donors (Lipinski definition) is 0. The predicted molar refractivity (Wildman–Crippen MR) is 78.4 cm³/mol. The second-order valence-corrected chi connectivity index (χ2v) is 4.91. The molecule has 0 saturated carbocycles. The third kappa shape index (κ3) is 3.10. The van der Waals surface area contributed by atoms with Crippen molar-refractivity contribution in [2.75, 3.05) is 13.0 Å². The van der Waals surface area contributed by atoms with Gasteiger partial charge < -0.3 is 9.30 Å². The number of carbonyl (C=O) groups excluding carboxylic acids is 1. The van der Waals surface area contributed by atoms with Gasteiger partial charge in [0.1, 0.15) is 5.75 Å². The van der Waals surface area contributed by atoms with Crippen LogP contribution in [0.4, 0.5) is 0 Å².